The number of hydrogen-bond donors (Lipinski definition) is 2. The molecule has 1 aromatic heterocycles. The molecule has 0 unspecified atom stereocenters. The van der Waals surface area contributed by atoms with E-state index < -0.39 is 0 Å². The molecule has 0 atom stereocenters. The highest BCUT2D eigenvalue weighted by Crippen LogP contribution is 2.34. The minimum Gasteiger partial charge on any atom is -0.454 e. The van der Waals surface area contributed by atoms with Crippen LogP contribution in [0.3, 0.4) is 0 Å². The zero-order valence-corrected chi connectivity index (χ0v) is 16.8. The molecule has 0 radical (unpaired) electrons. The number of rotatable bonds is 8. The van der Waals surface area contributed by atoms with Gasteiger partial charge in [-0.1, -0.05) is 19.1 Å². The normalized spacial score (nSPS) is 12.2. The van der Waals surface area contributed by atoms with E-state index in [9.17, 15) is 9.59 Å². The van der Waals surface area contributed by atoms with Crippen molar-refractivity contribution in [2.75, 3.05) is 18.7 Å². The topological polar surface area (TPSA) is 94.5 Å². The largest absolute Gasteiger partial charge is 0.454 e. The highest BCUT2D eigenvalue weighted by atomic mass is 16.7. The molecular weight excluding hydrogens is 384 g/mol. The summed E-state index contributed by atoms with van der Waals surface area (Å²) < 4.78 is 12.6. The maximum Gasteiger partial charge on any atom is 0.244 e. The fourth-order valence-corrected chi connectivity index (χ4v) is 3.44. The number of nitrogens with one attached hydrogen (secondary N) is 2. The third-order valence-electron chi connectivity index (χ3n) is 4.84. The highest BCUT2D eigenvalue weighted by molar-refractivity contribution is 5.92. The van der Waals surface area contributed by atoms with E-state index in [1.807, 2.05) is 35.8 Å². The van der Waals surface area contributed by atoms with Crippen molar-refractivity contribution < 1.29 is 19.1 Å². The molecule has 1 aliphatic rings. The molecule has 156 valence electrons. The van der Waals surface area contributed by atoms with Crippen molar-refractivity contribution >= 4 is 28.5 Å². The third kappa shape index (κ3) is 4.37. The van der Waals surface area contributed by atoms with Crippen LogP contribution in [0.5, 0.6) is 11.5 Å². The molecule has 2 aromatic carbocycles. The molecule has 1 aliphatic heterocycles. The van der Waals surface area contributed by atoms with Crippen LogP contribution in [0.1, 0.15) is 25.6 Å². The lowest BCUT2D eigenvalue weighted by atomic mass is 10.2. The van der Waals surface area contributed by atoms with E-state index in [0.717, 1.165) is 23.3 Å². The summed E-state index contributed by atoms with van der Waals surface area (Å²) in [6.45, 7) is 2.75. The summed E-state index contributed by atoms with van der Waals surface area (Å²) in [4.78, 5) is 29.1. The van der Waals surface area contributed by atoms with E-state index in [-0.39, 0.29) is 25.2 Å². The lowest BCUT2D eigenvalue weighted by molar-refractivity contribution is -0.121. The van der Waals surface area contributed by atoms with Crippen LogP contribution in [0, 0.1) is 0 Å². The number of ether oxygens (including phenoxy) is 2. The summed E-state index contributed by atoms with van der Waals surface area (Å²) in [7, 11) is 0. The summed E-state index contributed by atoms with van der Waals surface area (Å²) >= 11 is 0. The number of aromatic nitrogens is 2. The Kier molecular flexibility index (Phi) is 5.83. The zero-order valence-electron chi connectivity index (χ0n) is 16.8. The van der Waals surface area contributed by atoms with Gasteiger partial charge in [-0.3, -0.25) is 9.59 Å². The lowest BCUT2D eigenvalue weighted by Gasteiger charge is -2.11. The maximum atomic E-state index is 12.7. The Hall–Kier alpha value is -3.55. The van der Waals surface area contributed by atoms with Gasteiger partial charge in [-0.2, -0.15) is 0 Å². The van der Waals surface area contributed by atoms with Crippen molar-refractivity contribution in [2.45, 2.75) is 32.7 Å². The van der Waals surface area contributed by atoms with Crippen LogP contribution in [-0.2, 0) is 22.6 Å². The second-order valence-electron chi connectivity index (χ2n) is 7.07. The Balaban J connectivity index is 1.47. The molecule has 4 rings (SSSR count). The summed E-state index contributed by atoms with van der Waals surface area (Å²) in [5.74, 6) is 1.90. The zero-order chi connectivity index (χ0) is 20.9. The number of anilines is 1. The molecule has 0 fully saturated rings. The van der Waals surface area contributed by atoms with E-state index in [0.29, 0.717) is 36.6 Å². The van der Waals surface area contributed by atoms with Crippen LogP contribution in [-0.4, -0.2) is 34.7 Å². The third-order valence-corrected chi connectivity index (χ3v) is 4.84. The smallest absolute Gasteiger partial charge is 0.244 e. The fourth-order valence-electron chi connectivity index (χ4n) is 3.44. The first-order valence-electron chi connectivity index (χ1n) is 10.0. The Morgan fingerprint density at radius 2 is 1.93 bits per heavy atom. The number of carbonyl (C=O) groups is 2. The second-order valence-corrected chi connectivity index (χ2v) is 7.07. The highest BCUT2D eigenvalue weighted by Gasteiger charge is 2.16. The number of amides is 2. The molecule has 0 bridgehead atoms. The Morgan fingerprint density at radius 1 is 1.10 bits per heavy atom. The van der Waals surface area contributed by atoms with Crippen LogP contribution in [0.4, 0.5) is 5.69 Å². The molecule has 0 saturated carbocycles. The molecule has 8 heteroatoms. The molecule has 0 spiro atoms. The quantitative estimate of drug-likeness (QED) is 0.598. The summed E-state index contributed by atoms with van der Waals surface area (Å²) in [5, 5.41) is 5.80. The van der Waals surface area contributed by atoms with Gasteiger partial charge in [-0.25, -0.2) is 4.98 Å². The Morgan fingerprint density at radius 3 is 2.80 bits per heavy atom. The monoisotopic (exact) mass is 408 g/mol. The van der Waals surface area contributed by atoms with Gasteiger partial charge in [-0.15, -0.1) is 0 Å². The number of hydrogen-bond acceptors (Lipinski definition) is 5. The Labute approximate surface area is 174 Å². The number of fused-ring (bicyclic) bond motifs is 2. The average molecular weight is 408 g/mol. The molecule has 2 heterocycles. The van der Waals surface area contributed by atoms with Gasteiger partial charge in [0.15, 0.2) is 11.5 Å². The molecule has 0 saturated heterocycles. The van der Waals surface area contributed by atoms with E-state index in [1.54, 1.807) is 18.2 Å². The van der Waals surface area contributed by atoms with Crippen molar-refractivity contribution in [3.8, 4) is 11.5 Å². The predicted octanol–water partition coefficient (Wildman–Crippen LogP) is 2.86. The molecular formula is C22H24N4O4. The van der Waals surface area contributed by atoms with Crippen LogP contribution in [0.25, 0.3) is 11.0 Å². The summed E-state index contributed by atoms with van der Waals surface area (Å²) in [6.07, 6.45) is 1.86. The standard InChI is InChI=1S/C22H24N4O4/c1-2-5-21(27)23-11-10-20-25-16-6-3-4-7-17(16)26(20)13-22(28)24-15-8-9-18-19(12-15)30-14-29-18/h3-4,6-9,12H,2,5,10-11,13-14H2,1H3,(H,23,27)(H,24,28). The van der Waals surface area contributed by atoms with Crippen molar-refractivity contribution in [3.63, 3.8) is 0 Å². The first-order valence-corrected chi connectivity index (χ1v) is 10.0. The molecule has 2 amide bonds. The lowest BCUT2D eigenvalue weighted by Crippen LogP contribution is -2.27. The maximum absolute atomic E-state index is 12.7. The van der Waals surface area contributed by atoms with Gasteiger partial charge in [0.2, 0.25) is 18.6 Å². The van der Waals surface area contributed by atoms with E-state index in [1.165, 1.54) is 0 Å². The first-order chi connectivity index (χ1) is 14.6. The number of benzene rings is 2. The SMILES string of the molecule is CCCC(=O)NCCc1nc2ccccc2n1CC(=O)Nc1ccc2c(c1)OCO2. The minimum absolute atomic E-state index is 0.0284. The Bertz CT molecular complexity index is 1080. The van der Waals surface area contributed by atoms with E-state index in [2.05, 4.69) is 15.6 Å². The fraction of sp³-hybridized carbons (Fsp3) is 0.318. The molecule has 0 aliphatic carbocycles. The number of carbonyl (C=O) groups excluding carboxylic acids is 2. The van der Waals surface area contributed by atoms with Gasteiger partial charge in [0, 0.05) is 31.1 Å². The van der Waals surface area contributed by atoms with Crippen LogP contribution in [0.15, 0.2) is 42.5 Å². The van der Waals surface area contributed by atoms with Crippen LogP contribution >= 0.6 is 0 Å². The van der Waals surface area contributed by atoms with Gasteiger partial charge in [0.05, 0.1) is 11.0 Å². The molecule has 2 N–H and O–H groups in total. The minimum atomic E-state index is -0.173. The number of para-hydroxylation sites is 2. The van der Waals surface area contributed by atoms with Gasteiger partial charge < -0.3 is 24.7 Å². The second kappa shape index (κ2) is 8.86. The van der Waals surface area contributed by atoms with Crippen molar-refractivity contribution in [3.05, 3.63) is 48.3 Å². The summed E-state index contributed by atoms with van der Waals surface area (Å²) in [6, 6.07) is 13.0. The molecule has 30 heavy (non-hydrogen) atoms. The molecule has 3 aromatic rings. The summed E-state index contributed by atoms with van der Waals surface area (Å²) in [5.41, 5.74) is 2.35. The number of nitrogens with zero attached hydrogens (tertiary/aromatic N) is 2. The van der Waals surface area contributed by atoms with Crippen molar-refractivity contribution in [2.24, 2.45) is 0 Å². The van der Waals surface area contributed by atoms with Gasteiger partial charge >= 0.3 is 0 Å². The first kappa shape index (κ1) is 19.8. The van der Waals surface area contributed by atoms with Crippen molar-refractivity contribution in [1.29, 1.82) is 0 Å². The predicted molar refractivity (Wildman–Crippen MR) is 113 cm³/mol. The van der Waals surface area contributed by atoms with Crippen molar-refractivity contribution in [1.82, 2.24) is 14.9 Å². The number of imidazole rings is 1. The van der Waals surface area contributed by atoms with E-state index >= 15 is 0 Å². The molecule has 8 nitrogen and oxygen atoms in total. The van der Waals surface area contributed by atoms with Gasteiger partial charge in [0.1, 0.15) is 12.4 Å². The van der Waals surface area contributed by atoms with E-state index in [4.69, 9.17) is 9.47 Å². The van der Waals surface area contributed by atoms with Gasteiger partial charge in [0.25, 0.3) is 0 Å². The van der Waals surface area contributed by atoms with Gasteiger partial charge in [-0.05, 0) is 30.7 Å². The van der Waals surface area contributed by atoms with Crippen LogP contribution < -0.4 is 20.1 Å². The van der Waals surface area contributed by atoms with Crippen LogP contribution in [0.2, 0.25) is 0 Å². The average Bonchev–Trinajstić information content (AvgIpc) is 3.33.